The van der Waals surface area contributed by atoms with Crippen molar-refractivity contribution in [2.24, 2.45) is 0 Å². The van der Waals surface area contributed by atoms with Crippen molar-refractivity contribution < 1.29 is 4.79 Å². The van der Waals surface area contributed by atoms with Crippen molar-refractivity contribution in [3.8, 4) is 11.3 Å². The number of H-pyrrole nitrogens is 1. The van der Waals surface area contributed by atoms with Gasteiger partial charge in [0.25, 0.3) is 5.91 Å². The van der Waals surface area contributed by atoms with Gasteiger partial charge in [0.15, 0.2) is 0 Å². The normalized spacial score (nSPS) is 15.2. The molecule has 6 nitrogen and oxygen atoms in total. The Hall–Kier alpha value is -2.99. The molecule has 0 atom stereocenters. The molecule has 1 amide bonds. The standard InChI is InChI=1S/C20H21N5O/c26-20(18-5-1-4-17(11-18)19-13-22-15-23-19)25-9-7-24(8-10-25)14-16-3-2-6-21-12-16/h1-6,11-13,15H,7-10,14H2,(H,22,23). The maximum absolute atomic E-state index is 12.9. The van der Waals surface area contributed by atoms with Gasteiger partial charge in [0.05, 0.1) is 18.2 Å². The lowest BCUT2D eigenvalue weighted by molar-refractivity contribution is 0.0628. The summed E-state index contributed by atoms with van der Waals surface area (Å²) in [5.74, 6) is 0.0902. The monoisotopic (exact) mass is 347 g/mol. The van der Waals surface area contributed by atoms with Crippen molar-refractivity contribution in [2.45, 2.75) is 6.54 Å². The zero-order valence-electron chi connectivity index (χ0n) is 14.5. The van der Waals surface area contributed by atoms with E-state index in [0.717, 1.165) is 49.5 Å². The first kappa shape index (κ1) is 16.5. The minimum Gasteiger partial charge on any atom is -0.345 e. The molecule has 0 spiro atoms. The quantitative estimate of drug-likeness (QED) is 0.787. The van der Waals surface area contributed by atoms with E-state index in [4.69, 9.17) is 0 Å². The van der Waals surface area contributed by atoms with Gasteiger partial charge in [-0.2, -0.15) is 0 Å². The fourth-order valence-electron chi connectivity index (χ4n) is 3.28. The molecule has 0 radical (unpaired) electrons. The van der Waals surface area contributed by atoms with Gasteiger partial charge in [-0.25, -0.2) is 4.98 Å². The van der Waals surface area contributed by atoms with Gasteiger partial charge in [0.2, 0.25) is 0 Å². The Bertz CT molecular complexity index is 855. The van der Waals surface area contributed by atoms with Crippen LogP contribution in [0.25, 0.3) is 11.3 Å². The highest BCUT2D eigenvalue weighted by Crippen LogP contribution is 2.19. The number of carbonyl (C=O) groups is 1. The summed E-state index contributed by atoms with van der Waals surface area (Å²) in [6, 6.07) is 11.8. The van der Waals surface area contributed by atoms with Crippen LogP contribution in [0.5, 0.6) is 0 Å². The molecule has 0 aliphatic carbocycles. The summed E-state index contributed by atoms with van der Waals surface area (Å²) in [6.45, 7) is 4.12. The van der Waals surface area contributed by atoms with Crippen LogP contribution in [0.2, 0.25) is 0 Å². The second-order valence-electron chi connectivity index (χ2n) is 6.48. The van der Waals surface area contributed by atoms with E-state index in [1.165, 1.54) is 5.56 Å². The van der Waals surface area contributed by atoms with Gasteiger partial charge in [-0.3, -0.25) is 14.7 Å². The number of benzene rings is 1. The predicted molar refractivity (Wildman–Crippen MR) is 99.4 cm³/mol. The van der Waals surface area contributed by atoms with Crippen molar-refractivity contribution in [1.29, 1.82) is 0 Å². The van der Waals surface area contributed by atoms with Gasteiger partial charge in [0.1, 0.15) is 0 Å². The number of carbonyl (C=O) groups excluding carboxylic acids is 1. The molecule has 132 valence electrons. The second kappa shape index (κ2) is 7.49. The van der Waals surface area contributed by atoms with Crippen LogP contribution in [0, 0.1) is 0 Å². The third kappa shape index (κ3) is 3.65. The molecule has 3 heterocycles. The van der Waals surface area contributed by atoms with E-state index in [0.29, 0.717) is 0 Å². The molecule has 1 saturated heterocycles. The lowest BCUT2D eigenvalue weighted by Crippen LogP contribution is -2.48. The molecule has 1 aliphatic heterocycles. The lowest BCUT2D eigenvalue weighted by Gasteiger charge is -2.34. The maximum atomic E-state index is 12.9. The van der Waals surface area contributed by atoms with Crippen LogP contribution in [0.3, 0.4) is 0 Å². The molecule has 6 heteroatoms. The van der Waals surface area contributed by atoms with Crippen LogP contribution in [0.1, 0.15) is 15.9 Å². The molecule has 0 saturated carbocycles. The highest BCUT2D eigenvalue weighted by Gasteiger charge is 2.22. The summed E-state index contributed by atoms with van der Waals surface area (Å²) in [5.41, 5.74) is 3.82. The van der Waals surface area contributed by atoms with E-state index < -0.39 is 0 Å². The molecule has 26 heavy (non-hydrogen) atoms. The summed E-state index contributed by atoms with van der Waals surface area (Å²) in [7, 11) is 0. The fourth-order valence-corrected chi connectivity index (χ4v) is 3.28. The van der Waals surface area contributed by atoms with Crippen LogP contribution in [0.15, 0.2) is 61.3 Å². The molecular formula is C20H21N5O. The number of hydrogen-bond donors (Lipinski definition) is 1. The van der Waals surface area contributed by atoms with Crippen molar-refractivity contribution in [2.75, 3.05) is 26.2 Å². The van der Waals surface area contributed by atoms with Gasteiger partial charge >= 0.3 is 0 Å². The lowest BCUT2D eigenvalue weighted by atomic mass is 10.1. The summed E-state index contributed by atoms with van der Waals surface area (Å²) < 4.78 is 0. The molecule has 0 unspecified atom stereocenters. The van der Waals surface area contributed by atoms with E-state index in [1.807, 2.05) is 41.4 Å². The SMILES string of the molecule is O=C(c1cccc(-c2cnc[nH]2)c1)N1CCN(Cc2cccnc2)CC1. The third-order valence-corrected chi connectivity index (χ3v) is 4.71. The zero-order chi connectivity index (χ0) is 17.8. The minimum absolute atomic E-state index is 0.0902. The van der Waals surface area contributed by atoms with Gasteiger partial charge in [0, 0.05) is 56.2 Å². The Balaban J connectivity index is 1.39. The Morgan fingerprint density at radius 3 is 2.65 bits per heavy atom. The van der Waals surface area contributed by atoms with Gasteiger partial charge in [-0.05, 0) is 23.8 Å². The Morgan fingerprint density at radius 1 is 1.04 bits per heavy atom. The zero-order valence-corrected chi connectivity index (χ0v) is 14.5. The number of pyridine rings is 1. The van der Waals surface area contributed by atoms with Crippen LogP contribution in [-0.4, -0.2) is 56.8 Å². The number of aromatic nitrogens is 3. The molecule has 1 fully saturated rings. The van der Waals surface area contributed by atoms with Crippen molar-refractivity contribution in [3.63, 3.8) is 0 Å². The number of piperazine rings is 1. The molecule has 3 aromatic rings. The van der Waals surface area contributed by atoms with Crippen molar-refractivity contribution in [3.05, 3.63) is 72.4 Å². The Morgan fingerprint density at radius 2 is 1.92 bits per heavy atom. The van der Waals surface area contributed by atoms with Gasteiger partial charge in [-0.1, -0.05) is 18.2 Å². The average Bonchev–Trinajstić information content (AvgIpc) is 3.24. The average molecular weight is 347 g/mol. The number of aromatic amines is 1. The van der Waals surface area contributed by atoms with Crippen LogP contribution in [0.4, 0.5) is 0 Å². The molecular weight excluding hydrogens is 326 g/mol. The van der Waals surface area contributed by atoms with Crippen molar-refractivity contribution >= 4 is 5.91 Å². The van der Waals surface area contributed by atoms with E-state index in [2.05, 4.69) is 25.9 Å². The topological polar surface area (TPSA) is 65.1 Å². The number of nitrogens with zero attached hydrogens (tertiary/aromatic N) is 4. The predicted octanol–water partition coefficient (Wildman–Crippen LogP) is 2.43. The molecule has 0 bridgehead atoms. The summed E-state index contributed by atoms with van der Waals surface area (Å²) in [6.07, 6.45) is 7.10. The van der Waals surface area contributed by atoms with Crippen molar-refractivity contribution in [1.82, 2.24) is 24.8 Å². The van der Waals surface area contributed by atoms with Crippen LogP contribution >= 0.6 is 0 Å². The van der Waals surface area contributed by atoms with Crippen LogP contribution < -0.4 is 0 Å². The van der Waals surface area contributed by atoms with E-state index >= 15 is 0 Å². The summed E-state index contributed by atoms with van der Waals surface area (Å²) in [4.78, 5) is 28.4. The summed E-state index contributed by atoms with van der Waals surface area (Å²) >= 11 is 0. The number of rotatable bonds is 4. The Kier molecular flexibility index (Phi) is 4.75. The molecule has 1 aliphatic rings. The van der Waals surface area contributed by atoms with Gasteiger partial charge < -0.3 is 9.88 Å². The molecule has 2 aromatic heterocycles. The first-order chi connectivity index (χ1) is 12.8. The number of hydrogen-bond acceptors (Lipinski definition) is 4. The third-order valence-electron chi connectivity index (χ3n) is 4.71. The summed E-state index contributed by atoms with van der Waals surface area (Å²) in [5, 5.41) is 0. The smallest absolute Gasteiger partial charge is 0.253 e. The first-order valence-electron chi connectivity index (χ1n) is 8.79. The maximum Gasteiger partial charge on any atom is 0.253 e. The Labute approximate surface area is 152 Å². The van der Waals surface area contributed by atoms with Gasteiger partial charge in [-0.15, -0.1) is 0 Å². The highest BCUT2D eigenvalue weighted by atomic mass is 16.2. The number of amides is 1. The number of nitrogens with one attached hydrogen (secondary N) is 1. The molecule has 4 rings (SSSR count). The first-order valence-corrected chi connectivity index (χ1v) is 8.79. The highest BCUT2D eigenvalue weighted by molar-refractivity contribution is 5.95. The number of imidazole rings is 1. The van der Waals surface area contributed by atoms with E-state index in [1.54, 1.807) is 18.7 Å². The fraction of sp³-hybridized carbons (Fsp3) is 0.250. The van der Waals surface area contributed by atoms with Crippen LogP contribution in [-0.2, 0) is 6.54 Å². The van der Waals surface area contributed by atoms with E-state index in [9.17, 15) is 4.79 Å². The molecule has 1 aromatic carbocycles. The molecule has 1 N–H and O–H groups in total. The van der Waals surface area contributed by atoms with E-state index in [-0.39, 0.29) is 5.91 Å². The largest absolute Gasteiger partial charge is 0.345 e. The second-order valence-corrected chi connectivity index (χ2v) is 6.48. The minimum atomic E-state index is 0.0902.